The number of nitrogens with zero attached hydrogens (tertiary/aromatic N) is 2. The molecular weight excluding hydrogens is 304 g/mol. The molecule has 1 unspecified atom stereocenters. The summed E-state index contributed by atoms with van der Waals surface area (Å²) < 4.78 is 18.0. The molecule has 118 valence electrons. The molecule has 3 rings (SSSR count). The van der Waals surface area contributed by atoms with Crippen molar-refractivity contribution in [3.8, 4) is 5.69 Å². The molecule has 2 aromatic carbocycles. The maximum Gasteiger partial charge on any atom is 0.144 e. The zero-order chi connectivity index (χ0) is 16.4. The van der Waals surface area contributed by atoms with Crippen LogP contribution < -0.4 is 0 Å². The van der Waals surface area contributed by atoms with Crippen LogP contribution in [0.15, 0.2) is 65.2 Å². The van der Waals surface area contributed by atoms with Crippen molar-refractivity contribution in [1.29, 1.82) is 0 Å². The van der Waals surface area contributed by atoms with Gasteiger partial charge in [-0.25, -0.2) is 4.21 Å². The van der Waals surface area contributed by atoms with Crippen LogP contribution in [0, 0.1) is 0 Å². The molecule has 0 aliphatic carbocycles. The number of benzene rings is 2. The van der Waals surface area contributed by atoms with Crippen molar-refractivity contribution >= 4 is 28.1 Å². The van der Waals surface area contributed by atoms with Crippen LogP contribution in [-0.2, 0) is 11.0 Å². The van der Waals surface area contributed by atoms with Gasteiger partial charge in [0.2, 0.25) is 0 Å². The van der Waals surface area contributed by atoms with Crippen LogP contribution in [0.25, 0.3) is 16.6 Å². The smallest absolute Gasteiger partial charge is 0.144 e. The van der Waals surface area contributed by atoms with Crippen molar-refractivity contribution in [3.05, 3.63) is 66.4 Å². The topological polar surface area (TPSA) is 34.4 Å². The molecule has 0 saturated heterocycles. The molecule has 0 spiro atoms. The van der Waals surface area contributed by atoms with Crippen molar-refractivity contribution in [2.24, 2.45) is 4.40 Å². The van der Waals surface area contributed by atoms with Crippen LogP contribution in [-0.4, -0.2) is 19.7 Å². The Balaban J connectivity index is 1.99. The van der Waals surface area contributed by atoms with E-state index in [0.717, 1.165) is 16.8 Å². The summed E-state index contributed by atoms with van der Waals surface area (Å²) >= 11 is 0. The van der Waals surface area contributed by atoms with E-state index < -0.39 is 11.0 Å². The summed E-state index contributed by atoms with van der Waals surface area (Å²) in [5.74, 6) is 0. The molecule has 0 aliphatic rings. The predicted molar refractivity (Wildman–Crippen MR) is 98.8 cm³/mol. The molecule has 3 nitrogen and oxygen atoms in total. The Hall–Kier alpha value is -2.20. The first-order valence-corrected chi connectivity index (χ1v) is 8.68. The zero-order valence-corrected chi connectivity index (χ0v) is 14.4. The maximum atomic E-state index is 12.0. The lowest BCUT2D eigenvalue weighted by Crippen LogP contribution is -2.19. The zero-order valence-electron chi connectivity index (χ0n) is 13.6. The van der Waals surface area contributed by atoms with Crippen molar-refractivity contribution in [2.75, 3.05) is 0 Å². The fourth-order valence-corrected chi connectivity index (χ4v) is 2.84. The van der Waals surface area contributed by atoms with Gasteiger partial charge in [0.25, 0.3) is 0 Å². The Labute approximate surface area is 139 Å². The van der Waals surface area contributed by atoms with Gasteiger partial charge in [-0.1, -0.05) is 30.3 Å². The summed E-state index contributed by atoms with van der Waals surface area (Å²) in [5.41, 5.74) is 3.18. The van der Waals surface area contributed by atoms with Gasteiger partial charge in [-0.2, -0.15) is 4.40 Å². The second kappa shape index (κ2) is 6.13. The Morgan fingerprint density at radius 3 is 2.48 bits per heavy atom. The normalized spacial score (nSPS) is 13.7. The standard InChI is InChI=1S/C19H20N2OS/c1-19(2,3)23(22)20-14-15-9-10-16-11-12-21(18(16)13-15)17-7-5-4-6-8-17/h4-14H,1-3H3/b20-14+. The third-order valence-electron chi connectivity index (χ3n) is 3.57. The molecule has 1 aromatic heterocycles. The van der Waals surface area contributed by atoms with Crippen molar-refractivity contribution in [3.63, 3.8) is 0 Å². The molecule has 0 N–H and O–H groups in total. The largest absolute Gasteiger partial charge is 0.317 e. The number of aromatic nitrogens is 1. The van der Waals surface area contributed by atoms with E-state index in [0.29, 0.717) is 0 Å². The van der Waals surface area contributed by atoms with Gasteiger partial charge >= 0.3 is 0 Å². The van der Waals surface area contributed by atoms with Gasteiger partial charge in [0.05, 0.1) is 10.3 Å². The van der Waals surface area contributed by atoms with E-state index >= 15 is 0 Å². The third-order valence-corrected chi connectivity index (χ3v) is 4.92. The van der Waals surface area contributed by atoms with E-state index in [4.69, 9.17) is 0 Å². The van der Waals surface area contributed by atoms with E-state index in [1.54, 1.807) is 6.21 Å². The van der Waals surface area contributed by atoms with E-state index in [1.807, 2.05) is 45.0 Å². The molecule has 3 aromatic rings. The number of rotatable bonds is 3. The Morgan fingerprint density at radius 1 is 1.04 bits per heavy atom. The molecule has 0 bridgehead atoms. The van der Waals surface area contributed by atoms with E-state index in [9.17, 15) is 4.21 Å². The van der Waals surface area contributed by atoms with Crippen molar-refractivity contribution < 1.29 is 4.21 Å². The minimum absolute atomic E-state index is 0.342. The van der Waals surface area contributed by atoms with Crippen LogP contribution in [0.2, 0.25) is 0 Å². The lowest BCUT2D eigenvalue weighted by Gasteiger charge is -2.12. The lowest BCUT2D eigenvalue weighted by molar-refractivity contribution is 0.651. The third kappa shape index (κ3) is 3.42. The Morgan fingerprint density at radius 2 is 1.78 bits per heavy atom. The fraction of sp³-hybridized carbons (Fsp3) is 0.211. The summed E-state index contributed by atoms with van der Waals surface area (Å²) in [4.78, 5) is 0. The van der Waals surface area contributed by atoms with E-state index in [1.165, 1.54) is 5.39 Å². The van der Waals surface area contributed by atoms with Gasteiger partial charge < -0.3 is 4.57 Å². The fourth-order valence-electron chi connectivity index (χ4n) is 2.31. The Bertz CT molecular complexity index is 873. The highest BCUT2D eigenvalue weighted by molar-refractivity contribution is 7.85. The van der Waals surface area contributed by atoms with E-state index in [-0.39, 0.29) is 4.75 Å². The summed E-state index contributed by atoms with van der Waals surface area (Å²) in [6.07, 6.45) is 3.76. The number of fused-ring (bicyclic) bond motifs is 1. The summed E-state index contributed by atoms with van der Waals surface area (Å²) in [6.45, 7) is 5.76. The molecule has 0 saturated carbocycles. The minimum atomic E-state index is -1.24. The van der Waals surface area contributed by atoms with E-state index in [2.05, 4.69) is 45.5 Å². The lowest BCUT2D eigenvalue weighted by atomic mass is 10.2. The van der Waals surface area contributed by atoms with Gasteiger partial charge in [0.15, 0.2) is 0 Å². The number of para-hydroxylation sites is 1. The maximum absolute atomic E-state index is 12.0. The van der Waals surface area contributed by atoms with Gasteiger partial charge in [0, 0.05) is 18.1 Å². The highest BCUT2D eigenvalue weighted by Gasteiger charge is 2.18. The van der Waals surface area contributed by atoms with Crippen LogP contribution in [0.4, 0.5) is 0 Å². The van der Waals surface area contributed by atoms with Crippen molar-refractivity contribution in [2.45, 2.75) is 25.5 Å². The minimum Gasteiger partial charge on any atom is -0.317 e. The van der Waals surface area contributed by atoms with Crippen LogP contribution in [0.1, 0.15) is 26.3 Å². The average molecular weight is 324 g/mol. The second-order valence-electron chi connectivity index (χ2n) is 6.44. The van der Waals surface area contributed by atoms with Gasteiger partial charge in [-0.15, -0.1) is 0 Å². The quantitative estimate of drug-likeness (QED) is 0.653. The SMILES string of the molecule is CC(C)(C)S(=O)/N=C/c1ccc2ccn(-c3ccccc3)c2c1. The molecule has 0 amide bonds. The Kier molecular flexibility index (Phi) is 4.18. The van der Waals surface area contributed by atoms with Crippen LogP contribution >= 0.6 is 0 Å². The first-order chi connectivity index (χ1) is 10.9. The highest BCUT2D eigenvalue weighted by atomic mass is 32.2. The first-order valence-electron chi connectivity index (χ1n) is 7.58. The van der Waals surface area contributed by atoms with Crippen LogP contribution in [0.5, 0.6) is 0 Å². The number of hydrogen-bond donors (Lipinski definition) is 0. The summed E-state index contributed by atoms with van der Waals surface area (Å²) in [6, 6.07) is 18.5. The molecule has 4 heteroatoms. The molecule has 0 aliphatic heterocycles. The average Bonchev–Trinajstić information content (AvgIpc) is 2.95. The highest BCUT2D eigenvalue weighted by Crippen LogP contribution is 2.21. The number of hydrogen-bond acceptors (Lipinski definition) is 1. The van der Waals surface area contributed by atoms with Crippen molar-refractivity contribution in [1.82, 2.24) is 4.57 Å². The van der Waals surface area contributed by atoms with Crippen LogP contribution in [0.3, 0.4) is 0 Å². The van der Waals surface area contributed by atoms with Gasteiger partial charge in [0.1, 0.15) is 11.0 Å². The molecule has 1 atom stereocenters. The monoisotopic (exact) mass is 324 g/mol. The molecule has 23 heavy (non-hydrogen) atoms. The molecular formula is C19H20N2OS. The van der Waals surface area contributed by atoms with Gasteiger partial charge in [-0.05, 0) is 56.0 Å². The summed E-state index contributed by atoms with van der Waals surface area (Å²) in [5, 5.41) is 1.17. The van der Waals surface area contributed by atoms with Gasteiger partial charge in [-0.3, -0.25) is 0 Å². The predicted octanol–water partition coefficient (Wildman–Crippen LogP) is 4.51. The molecule has 0 radical (unpaired) electrons. The summed E-state index contributed by atoms with van der Waals surface area (Å²) in [7, 11) is -1.24. The second-order valence-corrected chi connectivity index (χ2v) is 8.37. The molecule has 1 heterocycles. The molecule has 0 fully saturated rings. The first kappa shape index (κ1) is 15.7.